The van der Waals surface area contributed by atoms with Crippen molar-refractivity contribution in [3.8, 4) is 0 Å². The Bertz CT molecular complexity index is 551. The molecule has 1 unspecified atom stereocenters. The number of nitrogens with zero attached hydrogens (tertiary/aromatic N) is 1. The van der Waals surface area contributed by atoms with Gasteiger partial charge >= 0.3 is 12.1 Å². The van der Waals surface area contributed by atoms with E-state index in [9.17, 15) is 22.4 Å². The van der Waals surface area contributed by atoms with Gasteiger partial charge in [-0.25, -0.2) is 9.18 Å². The number of carbonyl (C=O) groups is 1. The molecule has 0 aromatic heterocycles. The molecular formula is C14H13F4NO2. The first-order valence-electron chi connectivity index (χ1n) is 6.28. The van der Waals surface area contributed by atoms with Crippen LogP contribution in [0.15, 0.2) is 30.3 Å². The van der Waals surface area contributed by atoms with Crippen LogP contribution in [0.3, 0.4) is 0 Å². The number of hydrogen-bond donors (Lipinski definition) is 0. The molecule has 1 aromatic carbocycles. The van der Waals surface area contributed by atoms with Crippen molar-refractivity contribution in [2.45, 2.75) is 25.6 Å². The van der Waals surface area contributed by atoms with Crippen LogP contribution >= 0.6 is 0 Å². The van der Waals surface area contributed by atoms with E-state index in [2.05, 4.69) is 4.84 Å². The fraction of sp³-hybridized carbons (Fsp3) is 0.357. The zero-order valence-corrected chi connectivity index (χ0v) is 11.2. The average Bonchev–Trinajstić information content (AvgIpc) is 2.41. The van der Waals surface area contributed by atoms with Crippen molar-refractivity contribution < 1.29 is 27.2 Å². The Morgan fingerprint density at radius 1 is 1.29 bits per heavy atom. The van der Waals surface area contributed by atoms with Crippen molar-refractivity contribution in [1.82, 2.24) is 5.06 Å². The van der Waals surface area contributed by atoms with Gasteiger partial charge in [0.2, 0.25) is 0 Å². The van der Waals surface area contributed by atoms with Crippen LogP contribution in [0.2, 0.25) is 0 Å². The zero-order valence-electron chi connectivity index (χ0n) is 11.2. The normalized spacial score (nSPS) is 20.0. The first kappa shape index (κ1) is 15.5. The first-order chi connectivity index (χ1) is 9.77. The molecule has 0 N–H and O–H groups in total. The summed E-state index contributed by atoms with van der Waals surface area (Å²) in [6.07, 6.45) is -2.95. The van der Waals surface area contributed by atoms with Crippen LogP contribution < -0.4 is 0 Å². The summed E-state index contributed by atoms with van der Waals surface area (Å²) in [5.41, 5.74) is 1.67. The molecule has 3 nitrogen and oxygen atoms in total. The third-order valence-electron chi connectivity index (χ3n) is 3.17. The second-order valence-electron chi connectivity index (χ2n) is 4.77. The van der Waals surface area contributed by atoms with Crippen LogP contribution in [0.5, 0.6) is 0 Å². The lowest BCUT2D eigenvalue weighted by atomic mass is 9.96. The number of rotatable bonds is 2. The van der Waals surface area contributed by atoms with Gasteiger partial charge in [-0.3, -0.25) is 0 Å². The topological polar surface area (TPSA) is 29.5 Å². The van der Waals surface area contributed by atoms with E-state index in [4.69, 9.17) is 0 Å². The van der Waals surface area contributed by atoms with Crippen LogP contribution in [0.1, 0.15) is 18.9 Å². The van der Waals surface area contributed by atoms with Crippen molar-refractivity contribution in [2.24, 2.45) is 0 Å². The summed E-state index contributed by atoms with van der Waals surface area (Å²) >= 11 is 0. The van der Waals surface area contributed by atoms with E-state index in [0.29, 0.717) is 6.42 Å². The van der Waals surface area contributed by atoms with E-state index in [0.717, 1.165) is 16.2 Å². The van der Waals surface area contributed by atoms with Crippen molar-refractivity contribution >= 4 is 11.5 Å². The maximum Gasteiger partial charge on any atom is 0.492 e. The molecule has 0 saturated heterocycles. The number of alkyl halides is 3. The minimum Gasteiger partial charge on any atom is -0.360 e. The maximum absolute atomic E-state index is 12.9. The zero-order chi connectivity index (χ0) is 15.6. The quantitative estimate of drug-likeness (QED) is 0.785. The molecule has 0 bridgehead atoms. The van der Waals surface area contributed by atoms with Crippen molar-refractivity contribution in [1.29, 1.82) is 0 Å². The highest BCUT2D eigenvalue weighted by molar-refractivity contribution is 5.75. The third kappa shape index (κ3) is 3.81. The van der Waals surface area contributed by atoms with Gasteiger partial charge in [-0.15, -0.1) is 5.06 Å². The van der Waals surface area contributed by atoms with E-state index >= 15 is 0 Å². The minimum absolute atomic E-state index is 0.0513. The lowest BCUT2D eigenvalue weighted by molar-refractivity contribution is -0.243. The molecule has 1 aliphatic heterocycles. The molecule has 0 saturated carbocycles. The molecule has 21 heavy (non-hydrogen) atoms. The second-order valence-corrected chi connectivity index (χ2v) is 4.77. The van der Waals surface area contributed by atoms with Gasteiger partial charge in [0.15, 0.2) is 0 Å². The Morgan fingerprint density at radius 3 is 2.43 bits per heavy atom. The van der Waals surface area contributed by atoms with Crippen LogP contribution in [0.4, 0.5) is 17.6 Å². The first-order valence-corrected chi connectivity index (χ1v) is 6.28. The molecule has 0 fully saturated rings. The minimum atomic E-state index is -5.01. The molecular weight excluding hydrogens is 290 g/mol. The summed E-state index contributed by atoms with van der Waals surface area (Å²) < 4.78 is 49.3. The molecule has 1 heterocycles. The van der Waals surface area contributed by atoms with Crippen LogP contribution in [0.25, 0.3) is 5.57 Å². The fourth-order valence-electron chi connectivity index (χ4n) is 2.07. The summed E-state index contributed by atoms with van der Waals surface area (Å²) in [4.78, 5) is 15.2. The number of carbonyl (C=O) groups excluding carboxylic acids is 1. The summed E-state index contributed by atoms with van der Waals surface area (Å²) in [7, 11) is 0. The highest BCUT2D eigenvalue weighted by Crippen LogP contribution is 2.28. The number of benzene rings is 1. The Hall–Kier alpha value is -1.89. The predicted molar refractivity (Wildman–Crippen MR) is 67.3 cm³/mol. The Kier molecular flexibility index (Phi) is 4.32. The summed E-state index contributed by atoms with van der Waals surface area (Å²) in [6.45, 7) is 1.70. The summed E-state index contributed by atoms with van der Waals surface area (Å²) in [5.74, 6) is -2.59. The Labute approximate surface area is 118 Å². The molecule has 7 heteroatoms. The second kappa shape index (κ2) is 5.85. The molecule has 114 valence electrons. The molecule has 1 aromatic rings. The van der Waals surface area contributed by atoms with E-state index in [1.165, 1.54) is 12.1 Å². The van der Waals surface area contributed by atoms with Gasteiger partial charge in [-0.2, -0.15) is 13.2 Å². The van der Waals surface area contributed by atoms with Gasteiger partial charge < -0.3 is 4.84 Å². The monoisotopic (exact) mass is 303 g/mol. The van der Waals surface area contributed by atoms with Crippen molar-refractivity contribution in [3.05, 3.63) is 41.7 Å². The molecule has 0 aliphatic carbocycles. The maximum atomic E-state index is 12.9. The van der Waals surface area contributed by atoms with Crippen molar-refractivity contribution in [2.75, 3.05) is 6.54 Å². The average molecular weight is 303 g/mol. The fourth-order valence-corrected chi connectivity index (χ4v) is 2.07. The number of halogens is 4. The van der Waals surface area contributed by atoms with Crippen LogP contribution in [-0.4, -0.2) is 29.8 Å². The lowest BCUT2D eigenvalue weighted by Crippen LogP contribution is -2.41. The van der Waals surface area contributed by atoms with Gasteiger partial charge in [0.05, 0.1) is 6.54 Å². The van der Waals surface area contributed by atoms with E-state index in [1.54, 1.807) is 25.1 Å². The van der Waals surface area contributed by atoms with E-state index in [-0.39, 0.29) is 12.4 Å². The predicted octanol–water partition coefficient (Wildman–Crippen LogP) is 3.32. The largest absolute Gasteiger partial charge is 0.492 e. The SMILES string of the molecule is CC1CC(c2ccc(F)cc2)=CCN1OC(=O)C(F)(F)F. The molecule has 0 amide bonds. The van der Waals surface area contributed by atoms with E-state index in [1.807, 2.05) is 0 Å². The Balaban J connectivity index is 2.06. The number of hydrogen-bond acceptors (Lipinski definition) is 3. The Morgan fingerprint density at radius 2 is 1.90 bits per heavy atom. The third-order valence-corrected chi connectivity index (χ3v) is 3.17. The highest BCUT2D eigenvalue weighted by Gasteiger charge is 2.43. The van der Waals surface area contributed by atoms with Gasteiger partial charge in [0.25, 0.3) is 0 Å². The molecule has 1 aliphatic rings. The summed E-state index contributed by atoms with van der Waals surface area (Å²) in [6, 6.07) is 5.44. The summed E-state index contributed by atoms with van der Waals surface area (Å²) in [5, 5.41) is 0.989. The van der Waals surface area contributed by atoms with E-state index < -0.39 is 18.2 Å². The van der Waals surface area contributed by atoms with Gasteiger partial charge in [-0.1, -0.05) is 18.2 Å². The highest BCUT2D eigenvalue weighted by atomic mass is 19.4. The lowest BCUT2D eigenvalue weighted by Gasteiger charge is -2.31. The number of hydroxylamine groups is 2. The molecule has 2 rings (SSSR count). The van der Waals surface area contributed by atoms with Gasteiger partial charge in [0, 0.05) is 6.04 Å². The van der Waals surface area contributed by atoms with Gasteiger partial charge in [-0.05, 0) is 36.6 Å². The van der Waals surface area contributed by atoms with Crippen LogP contribution in [-0.2, 0) is 9.63 Å². The van der Waals surface area contributed by atoms with Gasteiger partial charge in [0.1, 0.15) is 5.82 Å². The van der Waals surface area contributed by atoms with Crippen molar-refractivity contribution in [3.63, 3.8) is 0 Å². The smallest absolute Gasteiger partial charge is 0.360 e. The molecule has 1 atom stereocenters. The standard InChI is InChI=1S/C14H13F4NO2/c1-9-8-11(10-2-4-12(15)5-3-10)6-7-19(9)21-13(20)14(16,17)18/h2-6,9H,7-8H2,1H3. The van der Waals surface area contributed by atoms with Crippen LogP contribution in [0, 0.1) is 5.82 Å². The molecule has 0 radical (unpaired) electrons. The molecule has 0 spiro atoms.